The van der Waals surface area contributed by atoms with Gasteiger partial charge in [-0.25, -0.2) is 0 Å². The van der Waals surface area contributed by atoms with E-state index in [4.69, 9.17) is 17.0 Å². The van der Waals surface area contributed by atoms with Crippen molar-refractivity contribution in [3.05, 3.63) is 70.6 Å². The van der Waals surface area contributed by atoms with E-state index in [0.29, 0.717) is 21.4 Å². The number of thiocarbonyl (C=S) groups is 1. The molecular formula is C21H20N2O3S2. The second-order valence-electron chi connectivity index (χ2n) is 6.10. The van der Waals surface area contributed by atoms with Crippen molar-refractivity contribution < 1.29 is 14.3 Å². The van der Waals surface area contributed by atoms with Crippen molar-refractivity contribution in [2.45, 2.75) is 19.8 Å². The Balaban J connectivity index is 1.66. The predicted molar refractivity (Wildman–Crippen MR) is 116 cm³/mol. The number of nitrogens with zero attached hydrogens (tertiary/aromatic N) is 1. The summed E-state index contributed by atoms with van der Waals surface area (Å²) in [7, 11) is 0. The van der Waals surface area contributed by atoms with E-state index in [0.717, 1.165) is 40.9 Å². The number of hydrogen-bond acceptors (Lipinski definition) is 5. The van der Waals surface area contributed by atoms with Gasteiger partial charge in [0.2, 0.25) is 0 Å². The number of nitrogens with one attached hydrogen (secondary N) is 1. The van der Waals surface area contributed by atoms with E-state index in [2.05, 4.69) is 12.3 Å². The highest BCUT2D eigenvalue weighted by molar-refractivity contribution is 8.26. The quantitative estimate of drug-likeness (QED) is 0.415. The van der Waals surface area contributed by atoms with Gasteiger partial charge in [-0.3, -0.25) is 15.0 Å². The van der Waals surface area contributed by atoms with Crippen molar-refractivity contribution in [2.75, 3.05) is 6.61 Å². The van der Waals surface area contributed by atoms with Gasteiger partial charge in [0.05, 0.1) is 11.5 Å². The van der Waals surface area contributed by atoms with Gasteiger partial charge in [0.15, 0.2) is 4.32 Å². The van der Waals surface area contributed by atoms with Gasteiger partial charge in [-0.2, -0.15) is 5.01 Å². The van der Waals surface area contributed by atoms with Gasteiger partial charge in [-0.05, 0) is 54.5 Å². The maximum Gasteiger partial charge on any atom is 0.285 e. The zero-order chi connectivity index (χ0) is 19.9. The van der Waals surface area contributed by atoms with Gasteiger partial charge in [-0.15, -0.1) is 0 Å². The van der Waals surface area contributed by atoms with Crippen LogP contribution in [0.4, 0.5) is 0 Å². The fourth-order valence-electron chi connectivity index (χ4n) is 2.47. The maximum absolute atomic E-state index is 12.6. The van der Waals surface area contributed by atoms with E-state index < -0.39 is 0 Å². The van der Waals surface area contributed by atoms with Crippen molar-refractivity contribution in [3.8, 4) is 5.75 Å². The first kappa shape index (κ1) is 20.1. The SMILES string of the molecule is CCCCOc1ccc(C=C2SC(=S)N(NC(=O)c3ccccc3)C2=O)cc1. The normalized spacial score (nSPS) is 15.2. The van der Waals surface area contributed by atoms with E-state index in [9.17, 15) is 9.59 Å². The summed E-state index contributed by atoms with van der Waals surface area (Å²) in [5.74, 6) is 0.0718. The predicted octanol–water partition coefficient (Wildman–Crippen LogP) is 4.41. The number of ether oxygens (including phenoxy) is 1. The lowest BCUT2D eigenvalue weighted by atomic mass is 10.2. The second kappa shape index (κ2) is 9.52. The number of thioether (sulfide) groups is 1. The summed E-state index contributed by atoms with van der Waals surface area (Å²) in [5.41, 5.74) is 3.89. The summed E-state index contributed by atoms with van der Waals surface area (Å²) in [6, 6.07) is 16.2. The molecule has 0 aromatic heterocycles. The fourth-order valence-corrected chi connectivity index (χ4v) is 3.65. The van der Waals surface area contributed by atoms with Crippen LogP contribution in [0, 0.1) is 0 Å². The maximum atomic E-state index is 12.6. The zero-order valence-corrected chi connectivity index (χ0v) is 17.0. The van der Waals surface area contributed by atoms with Crippen LogP contribution in [0.25, 0.3) is 6.08 Å². The van der Waals surface area contributed by atoms with Crippen molar-refractivity contribution in [3.63, 3.8) is 0 Å². The van der Waals surface area contributed by atoms with Crippen LogP contribution in [-0.4, -0.2) is 27.8 Å². The van der Waals surface area contributed by atoms with Gasteiger partial charge in [0.1, 0.15) is 5.75 Å². The molecule has 3 rings (SSSR count). The molecule has 1 saturated heterocycles. The molecule has 1 heterocycles. The summed E-state index contributed by atoms with van der Waals surface area (Å²) >= 11 is 6.41. The first-order valence-electron chi connectivity index (χ1n) is 8.95. The summed E-state index contributed by atoms with van der Waals surface area (Å²) in [6.07, 6.45) is 3.85. The van der Waals surface area contributed by atoms with Gasteiger partial charge >= 0.3 is 0 Å². The van der Waals surface area contributed by atoms with E-state index in [-0.39, 0.29) is 11.8 Å². The van der Waals surface area contributed by atoms with E-state index in [1.807, 2.05) is 30.3 Å². The number of carbonyl (C=O) groups excluding carboxylic acids is 2. The molecule has 1 aliphatic heterocycles. The highest BCUT2D eigenvalue weighted by Gasteiger charge is 2.33. The Hall–Kier alpha value is -2.64. The Kier molecular flexibility index (Phi) is 6.84. The van der Waals surface area contributed by atoms with E-state index in [1.54, 1.807) is 30.3 Å². The van der Waals surface area contributed by atoms with Crippen molar-refractivity contribution in [2.24, 2.45) is 0 Å². The molecular weight excluding hydrogens is 392 g/mol. The van der Waals surface area contributed by atoms with Crippen LogP contribution in [0.5, 0.6) is 5.75 Å². The molecule has 1 fully saturated rings. The molecule has 1 N–H and O–H groups in total. The van der Waals surface area contributed by atoms with Crippen LogP contribution in [0.2, 0.25) is 0 Å². The average molecular weight is 413 g/mol. The molecule has 5 nitrogen and oxygen atoms in total. The lowest BCUT2D eigenvalue weighted by Gasteiger charge is -2.15. The minimum atomic E-state index is -0.383. The van der Waals surface area contributed by atoms with E-state index in [1.165, 1.54) is 0 Å². The van der Waals surface area contributed by atoms with Gasteiger partial charge in [-0.1, -0.05) is 55.4 Å². The lowest BCUT2D eigenvalue weighted by molar-refractivity contribution is -0.123. The van der Waals surface area contributed by atoms with Crippen LogP contribution < -0.4 is 10.2 Å². The Morgan fingerprint density at radius 3 is 2.57 bits per heavy atom. The number of carbonyl (C=O) groups is 2. The molecule has 0 saturated carbocycles. The third kappa shape index (κ3) is 4.99. The number of hydrogen-bond donors (Lipinski definition) is 1. The second-order valence-corrected chi connectivity index (χ2v) is 7.77. The number of amides is 2. The molecule has 0 radical (unpaired) electrons. The zero-order valence-electron chi connectivity index (χ0n) is 15.4. The summed E-state index contributed by atoms with van der Waals surface area (Å²) in [4.78, 5) is 25.4. The number of benzene rings is 2. The molecule has 2 aromatic rings. The molecule has 0 aliphatic carbocycles. The molecule has 0 atom stereocenters. The average Bonchev–Trinajstić information content (AvgIpc) is 2.97. The standard InChI is InChI=1S/C21H20N2O3S2/c1-2-3-13-26-17-11-9-15(10-12-17)14-18-20(25)23(21(27)28-18)22-19(24)16-7-5-4-6-8-16/h4-12,14H,2-3,13H2,1H3,(H,22,24). The van der Waals surface area contributed by atoms with Gasteiger partial charge in [0.25, 0.3) is 11.8 Å². The molecule has 0 unspecified atom stereocenters. The Morgan fingerprint density at radius 2 is 1.89 bits per heavy atom. The first-order valence-corrected chi connectivity index (χ1v) is 10.2. The highest BCUT2D eigenvalue weighted by Crippen LogP contribution is 2.31. The molecule has 0 spiro atoms. The number of rotatable bonds is 7. The molecule has 2 aromatic carbocycles. The Bertz CT molecular complexity index is 896. The fraction of sp³-hybridized carbons (Fsp3) is 0.190. The molecule has 144 valence electrons. The summed E-state index contributed by atoms with van der Waals surface area (Å²) < 4.78 is 5.93. The number of unbranched alkanes of at least 4 members (excludes halogenated alkanes) is 1. The van der Waals surface area contributed by atoms with Gasteiger partial charge in [0, 0.05) is 5.56 Å². The van der Waals surface area contributed by atoms with Crippen molar-refractivity contribution >= 4 is 46.2 Å². The molecule has 1 aliphatic rings. The van der Waals surface area contributed by atoms with Crippen molar-refractivity contribution in [1.82, 2.24) is 10.4 Å². The highest BCUT2D eigenvalue weighted by atomic mass is 32.2. The minimum Gasteiger partial charge on any atom is -0.494 e. The van der Waals surface area contributed by atoms with E-state index >= 15 is 0 Å². The smallest absolute Gasteiger partial charge is 0.285 e. The first-order chi connectivity index (χ1) is 13.6. The van der Waals surface area contributed by atoms with Crippen LogP contribution in [-0.2, 0) is 4.79 Å². The molecule has 28 heavy (non-hydrogen) atoms. The van der Waals surface area contributed by atoms with Crippen LogP contribution in [0.3, 0.4) is 0 Å². The topological polar surface area (TPSA) is 58.6 Å². The largest absolute Gasteiger partial charge is 0.494 e. The van der Waals surface area contributed by atoms with Crippen LogP contribution in [0.15, 0.2) is 59.5 Å². The molecule has 7 heteroatoms. The van der Waals surface area contributed by atoms with Crippen molar-refractivity contribution in [1.29, 1.82) is 0 Å². The molecule has 0 bridgehead atoms. The number of hydrazine groups is 1. The minimum absolute atomic E-state index is 0.292. The summed E-state index contributed by atoms with van der Waals surface area (Å²) in [5, 5.41) is 1.11. The third-order valence-corrected chi connectivity index (χ3v) is 5.29. The lowest BCUT2D eigenvalue weighted by Crippen LogP contribution is -2.44. The third-order valence-electron chi connectivity index (χ3n) is 3.99. The van der Waals surface area contributed by atoms with Gasteiger partial charge < -0.3 is 4.74 Å². The summed E-state index contributed by atoms with van der Waals surface area (Å²) in [6.45, 7) is 2.81. The monoisotopic (exact) mass is 412 g/mol. The molecule has 2 amide bonds. The van der Waals surface area contributed by atoms with Crippen LogP contribution >= 0.6 is 24.0 Å². The Morgan fingerprint density at radius 1 is 1.18 bits per heavy atom. The Labute approximate surface area is 173 Å². The van der Waals surface area contributed by atoms with Crippen LogP contribution in [0.1, 0.15) is 35.7 Å².